The van der Waals surface area contributed by atoms with Crippen LogP contribution in [0.3, 0.4) is 0 Å². The van der Waals surface area contributed by atoms with Crippen molar-refractivity contribution < 1.29 is 13.9 Å². The summed E-state index contributed by atoms with van der Waals surface area (Å²) in [5.41, 5.74) is 1.43. The number of fused-ring (bicyclic) bond motifs is 3. The maximum Gasteiger partial charge on any atom is 0.259 e. The Morgan fingerprint density at radius 2 is 2.28 bits per heavy atom. The van der Waals surface area contributed by atoms with Crippen molar-refractivity contribution in [3.63, 3.8) is 0 Å². The van der Waals surface area contributed by atoms with Gasteiger partial charge in [0.2, 0.25) is 0 Å². The van der Waals surface area contributed by atoms with E-state index in [9.17, 15) is 10.1 Å². The van der Waals surface area contributed by atoms with E-state index in [1.54, 1.807) is 11.8 Å². The van der Waals surface area contributed by atoms with Gasteiger partial charge in [-0.15, -0.1) is 0 Å². The summed E-state index contributed by atoms with van der Waals surface area (Å²) in [5, 5.41) is 13.2. The number of amides is 1. The Hall–Kier alpha value is -2.13. The summed E-state index contributed by atoms with van der Waals surface area (Å²) in [5.74, 6) is 3.03. The molecule has 4 rings (SSSR count). The van der Waals surface area contributed by atoms with Crippen molar-refractivity contribution in [2.45, 2.75) is 37.6 Å². The fourth-order valence-corrected chi connectivity index (χ4v) is 4.83. The number of rotatable bonds is 4. The molecule has 130 valence electrons. The van der Waals surface area contributed by atoms with E-state index in [0.717, 1.165) is 35.3 Å². The molecule has 1 fully saturated rings. The molecule has 1 atom stereocenters. The molecule has 0 spiro atoms. The number of carbonyl (C=O) groups is 1. The summed E-state index contributed by atoms with van der Waals surface area (Å²) in [7, 11) is 0. The molecule has 2 aliphatic rings. The average molecular weight is 356 g/mol. The van der Waals surface area contributed by atoms with Gasteiger partial charge in [0.15, 0.2) is 6.61 Å². The Labute approximate surface area is 150 Å². The lowest BCUT2D eigenvalue weighted by Gasteiger charge is -2.21. The van der Waals surface area contributed by atoms with E-state index in [4.69, 9.17) is 9.15 Å². The summed E-state index contributed by atoms with van der Waals surface area (Å²) < 4.78 is 11.6. The van der Waals surface area contributed by atoms with Gasteiger partial charge >= 0.3 is 0 Å². The van der Waals surface area contributed by atoms with Gasteiger partial charge in [-0.3, -0.25) is 4.79 Å². The second-order valence-electron chi connectivity index (χ2n) is 6.70. The van der Waals surface area contributed by atoms with Crippen LogP contribution in [-0.4, -0.2) is 29.6 Å². The van der Waals surface area contributed by atoms with Crippen LogP contribution in [0.2, 0.25) is 0 Å². The van der Waals surface area contributed by atoms with Crippen LogP contribution in [0.1, 0.15) is 30.6 Å². The molecule has 1 amide bonds. The molecule has 1 aliphatic carbocycles. The van der Waals surface area contributed by atoms with E-state index in [1.807, 2.05) is 18.2 Å². The molecule has 25 heavy (non-hydrogen) atoms. The Balaban J connectivity index is 1.44. The third-order valence-corrected chi connectivity index (χ3v) is 6.10. The Morgan fingerprint density at radius 3 is 3.08 bits per heavy atom. The normalized spacial score (nSPS) is 22.4. The van der Waals surface area contributed by atoms with Gasteiger partial charge in [-0.1, -0.05) is 0 Å². The molecule has 1 aromatic carbocycles. The van der Waals surface area contributed by atoms with Crippen LogP contribution in [0.25, 0.3) is 11.0 Å². The second kappa shape index (κ2) is 6.64. The molecule has 1 N–H and O–H groups in total. The molecule has 1 saturated heterocycles. The lowest BCUT2D eigenvalue weighted by atomic mass is 9.96. The molecule has 5 nitrogen and oxygen atoms in total. The zero-order chi connectivity index (χ0) is 17.3. The SMILES string of the molecule is N#CC1(NC(=O)COc2ccc3oc4c(c3c2)CCCC4)CCSC1. The van der Waals surface area contributed by atoms with Crippen LogP contribution in [-0.2, 0) is 17.6 Å². The first-order valence-corrected chi connectivity index (χ1v) is 9.82. The summed E-state index contributed by atoms with van der Waals surface area (Å²) in [6, 6.07) is 7.94. The Bertz CT molecular complexity index is 846. The molecule has 0 bridgehead atoms. The molecule has 1 aliphatic heterocycles. The third-order valence-electron chi connectivity index (χ3n) is 4.91. The van der Waals surface area contributed by atoms with Crippen LogP contribution >= 0.6 is 11.8 Å². The maximum atomic E-state index is 12.2. The summed E-state index contributed by atoms with van der Waals surface area (Å²) in [4.78, 5) is 12.2. The van der Waals surface area contributed by atoms with Gasteiger partial charge < -0.3 is 14.5 Å². The molecular weight excluding hydrogens is 336 g/mol. The van der Waals surface area contributed by atoms with Crippen LogP contribution < -0.4 is 10.1 Å². The van der Waals surface area contributed by atoms with Gasteiger partial charge in [-0.05, 0) is 49.6 Å². The van der Waals surface area contributed by atoms with Gasteiger partial charge in [-0.2, -0.15) is 17.0 Å². The van der Waals surface area contributed by atoms with Gasteiger partial charge in [0.05, 0.1) is 6.07 Å². The fourth-order valence-electron chi connectivity index (χ4n) is 3.56. The van der Waals surface area contributed by atoms with Gasteiger partial charge in [0.25, 0.3) is 5.91 Å². The minimum Gasteiger partial charge on any atom is -0.484 e. The molecule has 2 aromatic rings. The van der Waals surface area contributed by atoms with Crippen molar-refractivity contribution in [2.75, 3.05) is 18.1 Å². The number of thioether (sulfide) groups is 1. The number of benzene rings is 1. The first-order valence-electron chi connectivity index (χ1n) is 8.66. The smallest absolute Gasteiger partial charge is 0.259 e. The number of ether oxygens (including phenoxy) is 1. The molecule has 1 aromatic heterocycles. The highest BCUT2D eigenvalue weighted by Crippen LogP contribution is 2.34. The summed E-state index contributed by atoms with van der Waals surface area (Å²) >= 11 is 1.69. The Morgan fingerprint density at radius 1 is 1.40 bits per heavy atom. The maximum absolute atomic E-state index is 12.2. The van der Waals surface area contributed by atoms with E-state index in [-0.39, 0.29) is 12.5 Å². The molecular formula is C19H20N2O3S. The summed E-state index contributed by atoms with van der Waals surface area (Å²) in [6.07, 6.45) is 5.08. The number of hydrogen-bond donors (Lipinski definition) is 1. The highest BCUT2D eigenvalue weighted by molar-refractivity contribution is 7.99. The average Bonchev–Trinajstić information content (AvgIpc) is 3.24. The minimum absolute atomic E-state index is 0.0837. The molecule has 0 radical (unpaired) electrons. The third kappa shape index (κ3) is 3.21. The van der Waals surface area contributed by atoms with Crippen LogP contribution in [0.4, 0.5) is 0 Å². The molecule has 1 unspecified atom stereocenters. The number of nitriles is 1. The van der Waals surface area contributed by atoms with E-state index >= 15 is 0 Å². The first kappa shape index (κ1) is 16.3. The van der Waals surface area contributed by atoms with E-state index < -0.39 is 5.54 Å². The highest BCUT2D eigenvalue weighted by Gasteiger charge is 2.36. The Kier molecular flexibility index (Phi) is 4.34. The quantitative estimate of drug-likeness (QED) is 0.910. The topological polar surface area (TPSA) is 75.3 Å². The standard InChI is InChI=1S/C19H20N2O3S/c20-11-19(7-8-25-12-19)21-18(22)10-23-13-5-6-17-15(9-13)14-3-1-2-4-16(14)24-17/h5-6,9H,1-4,7-8,10,12H2,(H,21,22). The van der Waals surface area contributed by atoms with Crippen molar-refractivity contribution in [1.29, 1.82) is 5.26 Å². The van der Waals surface area contributed by atoms with Crippen LogP contribution in [0.5, 0.6) is 5.75 Å². The fraction of sp³-hybridized carbons (Fsp3) is 0.474. The predicted octanol–water partition coefficient (Wildman–Crippen LogP) is 3.21. The first-order chi connectivity index (χ1) is 12.2. The number of nitrogens with zero attached hydrogens (tertiary/aromatic N) is 1. The van der Waals surface area contributed by atoms with E-state index in [1.165, 1.54) is 18.4 Å². The number of aryl methyl sites for hydroxylation is 2. The zero-order valence-corrected chi connectivity index (χ0v) is 14.8. The van der Waals surface area contributed by atoms with Crippen molar-refractivity contribution in [3.05, 3.63) is 29.5 Å². The number of hydrogen-bond acceptors (Lipinski definition) is 5. The van der Waals surface area contributed by atoms with E-state index in [0.29, 0.717) is 17.9 Å². The lowest BCUT2D eigenvalue weighted by molar-refractivity contribution is -0.124. The van der Waals surface area contributed by atoms with E-state index in [2.05, 4.69) is 11.4 Å². The van der Waals surface area contributed by atoms with Crippen molar-refractivity contribution in [3.8, 4) is 11.8 Å². The van der Waals surface area contributed by atoms with Crippen molar-refractivity contribution >= 4 is 28.6 Å². The van der Waals surface area contributed by atoms with Gasteiger partial charge in [0.1, 0.15) is 22.6 Å². The molecule has 2 heterocycles. The number of furan rings is 1. The van der Waals surface area contributed by atoms with Gasteiger partial charge in [0, 0.05) is 23.1 Å². The summed E-state index contributed by atoms with van der Waals surface area (Å²) in [6.45, 7) is -0.0837. The lowest BCUT2D eigenvalue weighted by Crippen LogP contribution is -2.49. The van der Waals surface area contributed by atoms with Crippen molar-refractivity contribution in [2.24, 2.45) is 0 Å². The van der Waals surface area contributed by atoms with Crippen LogP contribution in [0.15, 0.2) is 22.6 Å². The van der Waals surface area contributed by atoms with Crippen molar-refractivity contribution in [1.82, 2.24) is 5.32 Å². The number of carbonyl (C=O) groups excluding carboxylic acids is 1. The number of nitrogens with one attached hydrogen (secondary N) is 1. The largest absolute Gasteiger partial charge is 0.484 e. The predicted molar refractivity (Wildman–Crippen MR) is 96.8 cm³/mol. The second-order valence-corrected chi connectivity index (χ2v) is 7.81. The molecule has 0 saturated carbocycles. The highest BCUT2D eigenvalue weighted by atomic mass is 32.2. The minimum atomic E-state index is -0.737. The zero-order valence-electron chi connectivity index (χ0n) is 14.0. The monoisotopic (exact) mass is 356 g/mol. The van der Waals surface area contributed by atoms with Gasteiger partial charge in [-0.25, -0.2) is 0 Å². The van der Waals surface area contributed by atoms with Crippen LogP contribution in [0, 0.1) is 11.3 Å². The molecule has 6 heteroatoms.